The normalized spacial score (nSPS) is 9.70. The summed E-state index contributed by atoms with van der Waals surface area (Å²) < 4.78 is 0. The molecule has 0 spiro atoms. The van der Waals surface area contributed by atoms with Crippen LogP contribution in [0.15, 0.2) is 11.4 Å². The van der Waals surface area contributed by atoms with Gasteiger partial charge in [-0.1, -0.05) is 15.9 Å². The molecule has 0 atom stereocenters. The van der Waals surface area contributed by atoms with E-state index < -0.39 is 5.97 Å². The van der Waals surface area contributed by atoms with E-state index in [-0.39, 0.29) is 0 Å². The van der Waals surface area contributed by atoms with E-state index >= 15 is 0 Å². The van der Waals surface area contributed by atoms with Gasteiger partial charge in [0.05, 0.1) is 5.56 Å². The number of rotatable bonds is 2. The summed E-state index contributed by atoms with van der Waals surface area (Å²) in [6, 6.07) is 1.67. The fourth-order valence-corrected chi connectivity index (χ4v) is 1.83. The molecular weight excluding hydrogens is 216 g/mol. The molecule has 1 aromatic heterocycles. The monoisotopic (exact) mass is 220 g/mol. The van der Waals surface area contributed by atoms with Gasteiger partial charge in [0, 0.05) is 15.6 Å². The summed E-state index contributed by atoms with van der Waals surface area (Å²) in [5, 5.41) is 10.8. The topological polar surface area (TPSA) is 37.3 Å². The number of aromatic carboxylic acids is 1. The Hall–Kier alpha value is -0.350. The van der Waals surface area contributed by atoms with Crippen molar-refractivity contribution in [3.05, 3.63) is 21.9 Å². The van der Waals surface area contributed by atoms with Gasteiger partial charge in [-0.05, 0) is 6.07 Å². The Balaban J connectivity index is 2.88. The van der Waals surface area contributed by atoms with Crippen LogP contribution in [0.2, 0.25) is 0 Å². The van der Waals surface area contributed by atoms with Crippen LogP contribution in [0.4, 0.5) is 0 Å². The quantitative estimate of drug-likeness (QED) is 0.778. The number of alkyl halides is 1. The zero-order valence-corrected chi connectivity index (χ0v) is 7.41. The van der Waals surface area contributed by atoms with E-state index in [9.17, 15) is 4.79 Å². The average Bonchev–Trinajstić information content (AvgIpc) is 2.34. The first-order chi connectivity index (χ1) is 4.74. The second kappa shape index (κ2) is 3.16. The Morgan fingerprint density at radius 3 is 2.80 bits per heavy atom. The second-order valence-corrected chi connectivity index (χ2v) is 3.30. The number of carboxylic acid groups (broad SMARTS) is 1. The van der Waals surface area contributed by atoms with E-state index in [2.05, 4.69) is 15.9 Å². The Bertz CT molecular complexity index is 244. The molecule has 1 aromatic rings. The largest absolute Gasteiger partial charge is 0.478 e. The summed E-state index contributed by atoms with van der Waals surface area (Å²) >= 11 is 4.69. The van der Waals surface area contributed by atoms with Crippen LogP contribution in [0.3, 0.4) is 0 Å². The third kappa shape index (κ3) is 1.58. The van der Waals surface area contributed by atoms with Crippen molar-refractivity contribution < 1.29 is 9.90 Å². The molecule has 4 heteroatoms. The molecule has 1 N–H and O–H groups in total. The van der Waals surface area contributed by atoms with Crippen LogP contribution in [-0.4, -0.2) is 11.1 Å². The lowest BCUT2D eigenvalue weighted by molar-refractivity contribution is 0.0697. The second-order valence-electron chi connectivity index (χ2n) is 1.74. The van der Waals surface area contributed by atoms with E-state index in [1.165, 1.54) is 11.3 Å². The summed E-state index contributed by atoms with van der Waals surface area (Å²) in [7, 11) is 0. The fraction of sp³-hybridized carbons (Fsp3) is 0.167. The predicted molar refractivity (Wildman–Crippen MR) is 43.9 cm³/mol. The van der Waals surface area contributed by atoms with Crippen molar-refractivity contribution in [1.82, 2.24) is 0 Å². The highest BCUT2D eigenvalue weighted by Gasteiger charge is 2.04. The van der Waals surface area contributed by atoms with Gasteiger partial charge in [-0.2, -0.15) is 0 Å². The highest BCUT2D eigenvalue weighted by atomic mass is 79.9. The lowest BCUT2D eigenvalue weighted by Crippen LogP contribution is -1.91. The standard InChI is InChI=1S/C6H5BrO2S/c7-2-5-1-4(3-10-5)6(8)9/h1,3H,2H2,(H,8,9). The maximum absolute atomic E-state index is 10.3. The van der Waals surface area contributed by atoms with E-state index in [4.69, 9.17) is 5.11 Å². The minimum Gasteiger partial charge on any atom is -0.478 e. The van der Waals surface area contributed by atoms with Crippen molar-refractivity contribution in [2.24, 2.45) is 0 Å². The molecule has 0 unspecified atom stereocenters. The number of hydrogen-bond acceptors (Lipinski definition) is 2. The Morgan fingerprint density at radius 1 is 1.80 bits per heavy atom. The number of hydrogen-bond donors (Lipinski definition) is 1. The summed E-state index contributed by atoms with van der Waals surface area (Å²) in [6.07, 6.45) is 0. The average molecular weight is 221 g/mol. The van der Waals surface area contributed by atoms with Crippen molar-refractivity contribution in [2.45, 2.75) is 5.33 Å². The van der Waals surface area contributed by atoms with E-state index in [0.717, 1.165) is 10.2 Å². The molecule has 0 aliphatic rings. The van der Waals surface area contributed by atoms with Crippen molar-refractivity contribution in [3.8, 4) is 0 Å². The minimum absolute atomic E-state index is 0.374. The van der Waals surface area contributed by atoms with Gasteiger partial charge in [-0.3, -0.25) is 0 Å². The predicted octanol–water partition coefficient (Wildman–Crippen LogP) is 2.34. The third-order valence-corrected chi connectivity index (χ3v) is 2.94. The van der Waals surface area contributed by atoms with Gasteiger partial charge < -0.3 is 5.11 Å². The lowest BCUT2D eigenvalue weighted by Gasteiger charge is -1.82. The smallest absolute Gasteiger partial charge is 0.336 e. The Kier molecular flexibility index (Phi) is 2.45. The molecule has 0 saturated heterocycles. The molecule has 10 heavy (non-hydrogen) atoms. The van der Waals surface area contributed by atoms with Crippen LogP contribution < -0.4 is 0 Å². The van der Waals surface area contributed by atoms with Crippen LogP contribution >= 0.6 is 27.3 Å². The molecule has 0 aliphatic heterocycles. The minimum atomic E-state index is -0.858. The Labute approximate surface area is 70.6 Å². The molecule has 0 fully saturated rings. The molecule has 0 aromatic carbocycles. The van der Waals surface area contributed by atoms with Crippen molar-refractivity contribution in [2.75, 3.05) is 0 Å². The number of thiophene rings is 1. The highest BCUT2D eigenvalue weighted by Crippen LogP contribution is 2.16. The van der Waals surface area contributed by atoms with Crippen LogP contribution in [0.25, 0.3) is 0 Å². The zero-order chi connectivity index (χ0) is 7.56. The molecule has 0 amide bonds. The zero-order valence-electron chi connectivity index (χ0n) is 5.00. The molecule has 0 radical (unpaired) electrons. The van der Waals surface area contributed by atoms with Gasteiger partial charge in [-0.25, -0.2) is 4.79 Å². The molecule has 54 valence electrons. The van der Waals surface area contributed by atoms with Gasteiger partial charge >= 0.3 is 5.97 Å². The van der Waals surface area contributed by atoms with Gasteiger partial charge in [0.2, 0.25) is 0 Å². The highest BCUT2D eigenvalue weighted by molar-refractivity contribution is 9.08. The maximum atomic E-state index is 10.3. The maximum Gasteiger partial charge on any atom is 0.336 e. The molecule has 1 rings (SSSR count). The number of carbonyl (C=O) groups is 1. The third-order valence-electron chi connectivity index (χ3n) is 1.03. The van der Waals surface area contributed by atoms with Gasteiger partial charge in [0.1, 0.15) is 0 Å². The van der Waals surface area contributed by atoms with Crippen LogP contribution in [0, 0.1) is 0 Å². The molecular formula is C6H5BrO2S. The van der Waals surface area contributed by atoms with E-state index in [1.807, 2.05) is 0 Å². The van der Waals surface area contributed by atoms with Crippen molar-refractivity contribution >= 4 is 33.2 Å². The first-order valence-corrected chi connectivity index (χ1v) is 4.61. The van der Waals surface area contributed by atoms with Crippen LogP contribution in [-0.2, 0) is 5.33 Å². The summed E-state index contributed by atoms with van der Waals surface area (Å²) in [6.45, 7) is 0. The molecule has 0 aliphatic carbocycles. The summed E-state index contributed by atoms with van der Waals surface area (Å²) in [5.74, 6) is -0.858. The molecule has 1 heterocycles. The summed E-state index contributed by atoms with van der Waals surface area (Å²) in [4.78, 5) is 11.4. The number of halogens is 1. The van der Waals surface area contributed by atoms with Gasteiger partial charge in [0.25, 0.3) is 0 Å². The first kappa shape index (κ1) is 7.75. The fourth-order valence-electron chi connectivity index (χ4n) is 0.563. The molecule has 2 nitrogen and oxygen atoms in total. The lowest BCUT2D eigenvalue weighted by atomic mass is 10.3. The van der Waals surface area contributed by atoms with Crippen LogP contribution in [0.5, 0.6) is 0 Å². The molecule has 0 saturated carbocycles. The SMILES string of the molecule is O=C(O)c1csc(CBr)c1. The Morgan fingerprint density at radius 2 is 2.50 bits per heavy atom. The van der Waals surface area contributed by atoms with Gasteiger partial charge in [0.15, 0.2) is 0 Å². The van der Waals surface area contributed by atoms with Crippen molar-refractivity contribution in [3.63, 3.8) is 0 Å². The van der Waals surface area contributed by atoms with Crippen LogP contribution in [0.1, 0.15) is 15.2 Å². The summed E-state index contributed by atoms with van der Waals surface area (Å²) in [5.41, 5.74) is 0.374. The van der Waals surface area contributed by atoms with Gasteiger partial charge in [-0.15, -0.1) is 11.3 Å². The molecule has 0 bridgehead atoms. The first-order valence-electron chi connectivity index (χ1n) is 2.60. The van der Waals surface area contributed by atoms with Crippen molar-refractivity contribution in [1.29, 1.82) is 0 Å². The number of carboxylic acids is 1. The van der Waals surface area contributed by atoms with E-state index in [0.29, 0.717) is 5.56 Å². The van der Waals surface area contributed by atoms with E-state index in [1.54, 1.807) is 11.4 Å².